The molecule has 16 nitrogen and oxygen atoms in total. The van der Waals surface area contributed by atoms with E-state index in [9.17, 15) is 19.2 Å². The lowest BCUT2D eigenvalue weighted by Gasteiger charge is -2.35. The third-order valence-electron chi connectivity index (χ3n) is 14.1. The summed E-state index contributed by atoms with van der Waals surface area (Å²) >= 11 is 13.6. The number of aromatic nitrogens is 4. The zero-order chi connectivity index (χ0) is 44.2. The van der Waals surface area contributed by atoms with Crippen LogP contribution >= 0.6 is 23.2 Å². The second-order valence-corrected chi connectivity index (χ2v) is 18.8. The number of hydrogen-bond acceptors (Lipinski definition) is 10. The summed E-state index contributed by atoms with van der Waals surface area (Å²) in [7, 11) is 2.59. The van der Waals surface area contributed by atoms with Crippen molar-refractivity contribution >= 4 is 47.2 Å². The number of ether oxygens (including phenoxy) is 4. The standard InChI is InChI=1S/C46H52Cl2N8O8/c1-61-45(59)51-37(27-5-3-15-63-21-27)43(57)55-31-17-29(31)19-33(55)41-49-35(39(47)53-41)25-11-7-23(8-12-25)24-9-13-26(14-10-24)36-40(48)54-42(50-36)34-20-30-18-32(30)56(34)44(58)38(52-46(60)62-2)28-6-4-16-64-22-28/h7-14,27-34,37-38H,3-6,15-22H2,1-2H3,(H,49,53)(H,50,54)(H,51,59)(H,52,60)/t27-,28+,29-,30-,31-,32-,33+,34+,37?,38?/m1/s1. The van der Waals surface area contributed by atoms with E-state index < -0.39 is 24.3 Å². The van der Waals surface area contributed by atoms with Gasteiger partial charge in [0.25, 0.3) is 0 Å². The molecule has 10 rings (SSSR count). The van der Waals surface area contributed by atoms with E-state index in [0.717, 1.165) is 73.6 Å². The van der Waals surface area contributed by atoms with Gasteiger partial charge in [0.1, 0.15) is 45.4 Å². The molecule has 2 aromatic heterocycles. The Morgan fingerprint density at radius 3 is 1.39 bits per heavy atom. The summed E-state index contributed by atoms with van der Waals surface area (Å²) in [5, 5.41) is 6.39. The van der Waals surface area contributed by atoms with E-state index in [0.29, 0.717) is 71.6 Å². The molecular formula is C46H52Cl2N8O8. The molecule has 2 aromatic carbocycles. The fourth-order valence-electron chi connectivity index (χ4n) is 10.6. The van der Waals surface area contributed by atoms with Gasteiger partial charge in [-0.3, -0.25) is 9.59 Å². The van der Waals surface area contributed by atoms with E-state index in [2.05, 4.69) is 20.6 Å². The van der Waals surface area contributed by atoms with Gasteiger partial charge in [0.05, 0.1) is 39.5 Å². The van der Waals surface area contributed by atoms with Gasteiger partial charge in [0, 0.05) is 48.3 Å². The Hall–Kier alpha value is -5.16. The summed E-state index contributed by atoms with van der Waals surface area (Å²) in [6, 6.07) is 14.0. The van der Waals surface area contributed by atoms with Crippen LogP contribution in [0.2, 0.25) is 10.3 Å². The number of aromatic amines is 2. The van der Waals surface area contributed by atoms with Crippen molar-refractivity contribution in [2.24, 2.45) is 23.7 Å². The van der Waals surface area contributed by atoms with Gasteiger partial charge in [-0.2, -0.15) is 0 Å². The van der Waals surface area contributed by atoms with Gasteiger partial charge in [-0.1, -0.05) is 71.7 Å². The van der Waals surface area contributed by atoms with Gasteiger partial charge >= 0.3 is 12.2 Å². The minimum atomic E-state index is -0.764. The average molecular weight is 916 g/mol. The number of likely N-dealkylation sites (tertiary alicyclic amines) is 2. The van der Waals surface area contributed by atoms with Crippen LogP contribution in [-0.2, 0) is 28.5 Å². The third-order valence-corrected chi connectivity index (χ3v) is 14.7. The highest BCUT2D eigenvalue weighted by Crippen LogP contribution is 2.55. The van der Waals surface area contributed by atoms with E-state index in [1.807, 2.05) is 58.3 Å². The van der Waals surface area contributed by atoms with Crippen molar-refractivity contribution in [2.45, 2.75) is 87.6 Å². The molecule has 0 spiro atoms. The molecule has 4 saturated heterocycles. The average Bonchev–Trinajstić information content (AvgIpc) is 4.04. The smallest absolute Gasteiger partial charge is 0.407 e. The highest BCUT2D eigenvalue weighted by molar-refractivity contribution is 6.32. The second-order valence-electron chi connectivity index (χ2n) is 18.0. The number of rotatable bonds is 11. The summed E-state index contributed by atoms with van der Waals surface area (Å²) in [5.41, 5.74) is 4.81. The molecule has 10 atom stereocenters. The lowest BCUT2D eigenvalue weighted by molar-refractivity contribution is -0.139. The van der Waals surface area contributed by atoms with Crippen LogP contribution in [0.5, 0.6) is 0 Å². The molecule has 2 unspecified atom stereocenters. The summed E-state index contributed by atoms with van der Waals surface area (Å²) < 4.78 is 21.2. The van der Waals surface area contributed by atoms with E-state index in [-0.39, 0.29) is 47.8 Å². The third kappa shape index (κ3) is 8.22. The molecule has 4 amide bonds. The highest BCUT2D eigenvalue weighted by Gasteiger charge is 2.58. The van der Waals surface area contributed by atoms with Crippen molar-refractivity contribution in [3.8, 4) is 33.6 Å². The molecule has 18 heteroatoms. The predicted molar refractivity (Wildman–Crippen MR) is 235 cm³/mol. The molecular weight excluding hydrogens is 863 g/mol. The Morgan fingerprint density at radius 1 is 0.641 bits per heavy atom. The predicted octanol–water partition coefficient (Wildman–Crippen LogP) is 7.07. The molecule has 64 heavy (non-hydrogen) atoms. The van der Waals surface area contributed by atoms with Gasteiger partial charge in [-0.25, -0.2) is 19.6 Å². The van der Waals surface area contributed by atoms with Crippen molar-refractivity contribution in [3.63, 3.8) is 0 Å². The number of benzene rings is 2. The van der Waals surface area contributed by atoms with Gasteiger partial charge in [-0.15, -0.1) is 0 Å². The molecule has 0 bridgehead atoms. The fourth-order valence-corrected chi connectivity index (χ4v) is 11.1. The molecule has 4 N–H and O–H groups in total. The van der Waals surface area contributed by atoms with Gasteiger partial charge in [-0.05, 0) is 74.3 Å². The first kappa shape index (κ1) is 42.8. The molecule has 2 aliphatic carbocycles. The van der Waals surface area contributed by atoms with Gasteiger partial charge < -0.3 is 49.3 Å². The Morgan fingerprint density at radius 2 is 1.03 bits per heavy atom. The van der Waals surface area contributed by atoms with Crippen LogP contribution in [0.25, 0.3) is 33.6 Å². The van der Waals surface area contributed by atoms with Crippen LogP contribution in [0.4, 0.5) is 9.59 Å². The number of fused-ring (bicyclic) bond motifs is 2. The number of methoxy groups -OCH3 is 2. The molecule has 338 valence electrons. The van der Waals surface area contributed by atoms with E-state index in [1.54, 1.807) is 0 Å². The minimum absolute atomic E-state index is 0.0881. The maximum absolute atomic E-state index is 14.3. The zero-order valence-electron chi connectivity index (χ0n) is 35.7. The van der Waals surface area contributed by atoms with Crippen molar-refractivity contribution < 1.29 is 38.1 Å². The van der Waals surface area contributed by atoms with Crippen molar-refractivity contribution in [1.82, 2.24) is 40.4 Å². The van der Waals surface area contributed by atoms with Crippen molar-refractivity contribution in [1.29, 1.82) is 0 Å². The van der Waals surface area contributed by atoms with Crippen LogP contribution in [0.15, 0.2) is 48.5 Å². The lowest BCUT2D eigenvalue weighted by atomic mass is 9.92. The van der Waals surface area contributed by atoms with Crippen molar-refractivity contribution in [3.05, 3.63) is 70.5 Å². The molecule has 0 radical (unpaired) electrons. The maximum atomic E-state index is 14.3. The monoisotopic (exact) mass is 914 g/mol. The second kappa shape index (κ2) is 17.7. The Bertz CT molecular complexity index is 2230. The summed E-state index contributed by atoms with van der Waals surface area (Å²) in [6.07, 6.45) is 5.26. The number of alkyl carbamates (subject to hydrolysis) is 2. The number of amides is 4. The lowest BCUT2D eigenvalue weighted by Crippen LogP contribution is -2.54. The Balaban J connectivity index is 0.829. The molecule has 2 saturated carbocycles. The fraction of sp³-hybridized carbons (Fsp3) is 0.522. The number of nitrogens with zero attached hydrogens (tertiary/aromatic N) is 4. The SMILES string of the molecule is COC(=O)NC(C(=O)N1[C@@H]2C[C@@H]2C[C@H]1c1nc(-c2ccc(-c3ccc(-c4nc([C@@H]5C[C@H]6C[C@H]6N5C(=O)C(NC(=O)OC)[C@H]5CCCOC5)[nH]c4Cl)cc3)cc2)c(Cl)[nH]1)[C@@H]1CCCOC1. The van der Waals surface area contributed by atoms with Gasteiger partial charge in [0.2, 0.25) is 11.8 Å². The quantitative estimate of drug-likeness (QED) is 0.121. The maximum Gasteiger partial charge on any atom is 0.407 e. The largest absolute Gasteiger partial charge is 0.453 e. The molecule has 6 fully saturated rings. The number of nitrogens with one attached hydrogen (secondary N) is 4. The normalized spacial score (nSPS) is 27.8. The first-order valence-electron chi connectivity index (χ1n) is 22.3. The first-order valence-corrected chi connectivity index (χ1v) is 23.1. The number of imidazole rings is 2. The zero-order valence-corrected chi connectivity index (χ0v) is 37.2. The number of halogens is 2. The first-order chi connectivity index (χ1) is 31.1. The molecule has 4 aliphatic heterocycles. The Labute approximate surface area is 380 Å². The highest BCUT2D eigenvalue weighted by atomic mass is 35.5. The minimum Gasteiger partial charge on any atom is -0.453 e. The van der Waals surface area contributed by atoms with Crippen LogP contribution < -0.4 is 10.6 Å². The van der Waals surface area contributed by atoms with E-state index in [1.165, 1.54) is 14.2 Å². The molecule has 6 aliphatic rings. The van der Waals surface area contributed by atoms with Crippen LogP contribution in [-0.4, -0.2) is 119 Å². The van der Waals surface area contributed by atoms with Crippen LogP contribution in [0, 0.1) is 23.7 Å². The number of piperidine rings is 2. The number of carbonyl (C=O) groups excluding carboxylic acids is 4. The van der Waals surface area contributed by atoms with Gasteiger partial charge in [0.15, 0.2) is 0 Å². The van der Waals surface area contributed by atoms with Crippen LogP contribution in [0.1, 0.15) is 75.1 Å². The summed E-state index contributed by atoms with van der Waals surface area (Å²) in [4.78, 5) is 73.5. The van der Waals surface area contributed by atoms with Crippen molar-refractivity contribution in [2.75, 3.05) is 40.6 Å². The number of hydrogen-bond donors (Lipinski definition) is 4. The van der Waals surface area contributed by atoms with Crippen LogP contribution in [0.3, 0.4) is 0 Å². The summed E-state index contributed by atoms with van der Waals surface area (Å²) in [6.45, 7) is 2.07. The molecule has 4 aromatic rings. The number of H-pyrrole nitrogens is 2. The van der Waals surface area contributed by atoms with E-state index >= 15 is 0 Å². The Kier molecular flexibility index (Phi) is 11.8. The number of carbonyl (C=O) groups is 4. The molecule has 6 heterocycles. The van der Waals surface area contributed by atoms with E-state index in [4.69, 9.17) is 52.1 Å². The summed E-state index contributed by atoms with van der Waals surface area (Å²) in [5.74, 6) is 1.38. The topological polar surface area (TPSA) is 193 Å².